The lowest BCUT2D eigenvalue weighted by Gasteiger charge is -2.33. The smallest absolute Gasteiger partial charge is 0.0827 e. The number of rotatable bonds is 2. The summed E-state index contributed by atoms with van der Waals surface area (Å²) in [6.07, 6.45) is 2.17. The van der Waals surface area contributed by atoms with E-state index in [2.05, 4.69) is 42.0 Å². The number of hydrogen-bond acceptors (Lipinski definition) is 3. The van der Waals surface area contributed by atoms with Crippen LogP contribution in [0, 0.1) is 6.92 Å². The van der Waals surface area contributed by atoms with Gasteiger partial charge in [0.25, 0.3) is 0 Å². The van der Waals surface area contributed by atoms with Gasteiger partial charge in [0, 0.05) is 38.9 Å². The highest BCUT2D eigenvalue weighted by molar-refractivity contribution is 5.49. The number of likely N-dealkylation sites (N-methyl/N-ethyl adjacent to an activating group) is 1. The molecule has 0 spiro atoms. The molecule has 0 bridgehead atoms. The molecule has 0 atom stereocenters. The number of piperazine rings is 1. The monoisotopic (exact) mass is 208 g/mol. The Morgan fingerprint density at radius 3 is 2.47 bits per heavy atom. The van der Waals surface area contributed by atoms with Crippen molar-refractivity contribution < 1.29 is 0 Å². The maximum absolute atomic E-state index is 4.48. The first-order valence-corrected chi connectivity index (χ1v) is 5.68. The van der Waals surface area contributed by atoms with Gasteiger partial charge >= 0.3 is 0 Å². The van der Waals surface area contributed by atoms with Crippen LogP contribution in [0.3, 0.4) is 0 Å². The van der Waals surface area contributed by atoms with Gasteiger partial charge in [0.15, 0.2) is 0 Å². The van der Waals surface area contributed by atoms with Gasteiger partial charge in [-0.3, -0.25) is 4.68 Å². The van der Waals surface area contributed by atoms with E-state index in [-0.39, 0.29) is 0 Å². The molecule has 4 nitrogen and oxygen atoms in total. The minimum absolute atomic E-state index is 0.953. The van der Waals surface area contributed by atoms with Gasteiger partial charge in [-0.2, -0.15) is 5.10 Å². The van der Waals surface area contributed by atoms with Gasteiger partial charge in [-0.15, -0.1) is 0 Å². The topological polar surface area (TPSA) is 24.3 Å². The average Bonchev–Trinajstić information content (AvgIpc) is 2.61. The summed E-state index contributed by atoms with van der Waals surface area (Å²) in [4.78, 5) is 4.81. The number of hydrogen-bond donors (Lipinski definition) is 0. The molecule has 84 valence electrons. The molecule has 1 saturated heterocycles. The molecule has 1 aliphatic rings. The lowest BCUT2D eigenvalue weighted by Crippen LogP contribution is -2.44. The third-order valence-electron chi connectivity index (χ3n) is 3.09. The molecule has 1 aromatic rings. The zero-order valence-electron chi connectivity index (χ0n) is 9.90. The predicted molar refractivity (Wildman–Crippen MR) is 62.3 cm³/mol. The van der Waals surface area contributed by atoms with Gasteiger partial charge in [0.1, 0.15) is 0 Å². The molecule has 0 radical (unpaired) electrons. The van der Waals surface area contributed by atoms with Gasteiger partial charge in [0.05, 0.1) is 11.4 Å². The van der Waals surface area contributed by atoms with Crippen molar-refractivity contribution in [1.82, 2.24) is 14.7 Å². The summed E-state index contributed by atoms with van der Waals surface area (Å²) in [5.41, 5.74) is 2.46. The molecule has 0 unspecified atom stereocenters. The molecular weight excluding hydrogens is 188 g/mol. The van der Waals surface area contributed by atoms with Gasteiger partial charge < -0.3 is 9.80 Å². The third kappa shape index (κ3) is 2.15. The van der Waals surface area contributed by atoms with Gasteiger partial charge in [-0.1, -0.05) is 0 Å². The molecule has 2 rings (SSSR count). The van der Waals surface area contributed by atoms with E-state index in [0.717, 1.165) is 38.4 Å². The molecule has 0 aliphatic carbocycles. The molecular formula is C11H20N4. The summed E-state index contributed by atoms with van der Waals surface area (Å²) in [5.74, 6) is 0. The van der Waals surface area contributed by atoms with Crippen LogP contribution < -0.4 is 4.90 Å². The van der Waals surface area contributed by atoms with Gasteiger partial charge in [-0.25, -0.2) is 0 Å². The molecule has 4 heteroatoms. The molecule has 15 heavy (non-hydrogen) atoms. The van der Waals surface area contributed by atoms with Crippen LogP contribution >= 0.6 is 0 Å². The fourth-order valence-electron chi connectivity index (χ4n) is 2.03. The quantitative estimate of drug-likeness (QED) is 0.723. The fourth-order valence-corrected chi connectivity index (χ4v) is 2.03. The summed E-state index contributed by atoms with van der Waals surface area (Å²) < 4.78 is 2.02. The van der Waals surface area contributed by atoms with Crippen molar-refractivity contribution in [1.29, 1.82) is 0 Å². The maximum atomic E-state index is 4.48. The Morgan fingerprint density at radius 2 is 1.93 bits per heavy atom. The van der Waals surface area contributed by atoms with Crippen molar-refractivity contribution in [3.8, 4) is 0 Å². The Hall–Kier alpha value is -1.03. The van der Waals surface area contributed by atoms with Crippen molar-refractivity contribution in [3.05, 3.63) is 11.9 Å². The van der Waals surface area contributed by atoms with E-state index in [0.29, 0.717) is 0 Å². The Kier molecular flexibility index (Phi) is 2.95. The maximum Gasteiger partial charge on any atom is 0.0827 e. The molecule has 0 saturated carbocycles. The van der Waals surface area contributed by atoms with Crippen molar-refractivity contribution in [2.75, 3.05) is 38.1 Å². The number of anilines is 1. The first-order chi connectivity index (χ1) is 7.20. The average molecular weight is 208 g/mol. The normalized spacial score (nSPS) is 18.5. The highest BCUT2D eigenvalue weighted by Crippen LogP contribution is 2.19. The first kappa shape index (κ1) is 10.5. The summed E-state index contributed by atoms with van der Waals surface area (Å²) in [5, 5.41) is 4.48. The Morgan fingerprint density at radius 1 is 1.27 bits per heavy atom. The summed E-state index contributed by atoms with van der Waals surface area (Å²) >= 11 is 0. The SMILES string of the molecule is CCn1cc(N2CCN(C)CC2)c(C)n1. The Balaban J connectivity index is 2.11. The van der Waals surface area contributed by atoms with Crippen LogP contribution in [-0.4, -0.2) is 47.9 Å². The van der Waals surface area contributed by atoms with E-state index >= 15 is 0 Å². The number of nitrogens with zero attached hydrogens (tertiary/aromatic N) is 4. The predicted octanol–water partition coefficient (Wildman–Crippen LogP) is 0.963. The van der Waals surface area contributed by atoms with Crippen molar-refractivity contribution in [3.63, 3.8) is 0 Å². The van der Waals surface area contributed by atoms with Crippen LogP contribution in [-0.2, 0) is 6.54 Å². The van der Waals surface area contributed by atoms with Crippen molar-refractivity contribution in [2.24, 2.45) is 0 Å². The zero-order valence-corrected chi connectivity index (χ0v) is 9.90. The molecule has 1 aromatic heterocycles. The first-order valence-electron chi connectivity index (χ1n) is 5.68. The largest absolute Gasteiger partial charge is 0.366 e. The van der Waals surface area contributed by atoms with Crippen LogP contribution in [0.5, 0.6) is 0 Å². The third-order valence-corrected chi connectivity index (χ3v) is 3.09. The van der Waals surface area contributed by atoms with E-state index in [1.165, 1.54) is 5.69 Å². The Labute approximate surface area is 91.5 Å². The lowest BCUT2D eigenvalue weighted by atomic mass is 10.3. The Bertz CT molecular complexity index is 323. The molecule has 0 N–H and O–H groups in total. The molecule has 1 fully saturated rings. The number of aromatic nitrogens is 2. The van der Waals surface area contributed by atoms with E-state index in [4.69, 9.17) is 0 Å². The van der Waals surface area contributed by atoms with E-state index in [1.807, 2.05) is 4.68 Å². The fraction of sp³-hybridized carbons (Fsp3) is 0.727. The van der Waals surface area contributed by atoms with Crippen LogP contribution in [0.25, 0.3) is 0 Å². The van der Waals surface area contributed by atoms with E-state index in [9.17, 15) is 0 Å². The molecule has 0 aromatic carbocycles. The van der Waals surface area contributed by atoms with Crippen molar-refractivity contribution in [2.45, 2.75) is 20.4 Å². The van der Waals surface area contributed by atoms with Crippen LogP contribution in [0.15, 0.2) is 6.20 Å². The number of aryl methyl sites for hydroxylation is 2. The second-order valence-electron chi connectivity index (χ2n) is 4.25. The van der Waals surface area contributed by atoms with Crippen LogP contribution in [0.4, 0.5) is 5.69 Å². The van der Waals surface area contributed by atoms with Gasteiger partial charge in [0.2, 0.25) is 0 Å². The minimum atomic E-state index is 0.953. The van der Waals surface area contributed by atoms with E-state index in [1.54, 1.807) is 0 Å². The summed E-state index contributed by atoms with van der Waals surface area (Å²) in [7, 11) is 2.18. The van der Waals surface area contributed by atoms with Crippen molar-refractivity contribution >= 4 is 5.69 Å². The van der Waals surface area contributed by atoms with Gasteiger partial charge in [-0.05, 0) is 20.9 Å². The second kappa shape index (κ2) is 4.23. The summed E-state index contributed by atoms with van der Waals surface area (Å²) in [6, 6.07) is 0. The summed E-state index contributed by atoms with van der Waals surface area (Å²) in [6.45, 7) is 9.71. The molecule has 1 aliphatic heterocycles. The lowest BCUT2D eigenvalue weighted by molar-refractivity contribution is 0.312. The van der Waals surface area contributed by atoms with Crippen LogP contribution in [0.2, 0.25) is 0 Å². The minimum Gasteiger partial charge on any atom is -0.366 e. The second-order valence-corrected chi connectivity index (χ2v) is 4.25. The highest BCUT2D eigenvalue weighted by atomic mass is 15.3. The molecule has 2 heterocycles. The highest BCUT2D eigenvalue weighted by Gasteiger charge is 2.17. The zero-order chi connectivity index (χ0) is 10.8. The van der Waals surface area contributed by atoms with Crippen LogP contribution in [0.1, 0.15) is 12.6 Å². The van der Waals surface area contributed by atoms with E-state index < -0.39 is 0 Å². The molecule has 0 amide bonds. The standard InChI is InChI=1S/C11H20N4/c1-4-15-9-11(10(2)12-15)14-7-5-13(3)6-8-14/h9H,4-8H2,1-3H3.